The number of benzene rings is 1. The highest BCUT2D eigenvalue weighted by molar-refractivity contribution is 7.91. The zero-order valence-corrected chi connectivity index (χ0v) is 18.7. The van der Waals surface area contributed by atoms with Gasteiger partial charge in [0, 0.05) is 25.0 Å². The SMILES string of the molecule is Cc1ccc(S(=O)(=O)N2CCC[C@@H](C(=O)N(C)C[C@H]3COc4ccccc4O3)C2)s1. The zero-order valence-electron chi connectivity index (χ0n) is 17.1. The smallest absolute Gasteiger partial charge is 0.252 e. The third kappa shape index (κ3) is 4.33. The Hall–Kier alpha value is -2.10. The number of ether oxygens (including phenoxy) is 2. The van der Waals surface area contributed by atoms with E-state index in [0.717, 1.165) is 4.88 Å². The number of hydrogen-bond acceptors (Lipinski definition) is 6. The normalized spacial score (nSPS) is 21.9. The molecule has 0 bridgehead atoms. The lowest BCUT2D eigenvalue weighted by atomic mass is 9.98. The molecule has 3 heterocycles. The van der Waals surface area contributed by atoms with Gasteiger partial charge < -0.3 is 14.4 Å². The Morgan fingerprint density at radius 3 is 2.73 bits per heavy atom. The van der Waals surface area contributed by atoms with Crippen molar-refractivity contribution in [1.29, 1.82) is 0 Å². The minimum absolute atomic E-state index is 0.0558. The molecule has 0 spiro atoms. The molecule has 2 aliphatic rings. The van der Waals surface area contributed by atoms with Crippen LogP contribution in [0.15, 0.2) is 40.6 Å². The summed E-state index contributed by atoms with van der Waals surface area (Å²) in [6.07, 6.45) is 1.10. The Balaban J connectivity index is 1.38. The number of para-hydroxylation sites is 2. The van der Waals surface area contributed by atoms with Crippen molar-refractivity contribution in [3.63, 3.8) is 0 Å². The van der Waals surface area contributed by atoms with E-state index in [4.69, 9.17) is 9.47 Å². The number of fused-ring (bicyclic) bond motifs is 1. The van der Waals surface area contributed by atoms with Crippen LogP contribution in [-0.2, 0) is 14.8 Å². The molecule has 0 unspecified atom stereocenters. The van der Waals surface area contributed by atoms with E-state index in [0.29, 0.717) is 48.2 Å². The van der Waals surface area contributed by atoms with E-state index in [1.165, 1.54) is 15.6 Å². The van der Waals surface area contributed by atoms with Gasteiger partial charge in [0.2, 0.25) is 5.91 Å². The number of sulfonamides is 1. The molecule has 0 saturated carbocycles. The van der Waals surface area contributed by atoms with Gasteiger partial charge in [0.05, 0.1) is 12.5 Å². The summed E-state index contributed by atoms with van der Waals surface area (Å²) in [5.74, 6) is 0.978. The summed E-state index contributed by atoms with van der Waals surface area (Å²) in [5, 5.41) is 0. The maximum absolute atomic E-state index is 13.0. The molecule has 4 rings (SSSR count). The number of thiophene rings is 1. The Morgan fingerprint density at radius 1 is 1.23 bits per heavy atom. The maximum atomic E-state index is 13.0. The van der Waals surface area contributed by atoms with Crippen LogP contribution in [0.1, 0.15) is 17.7 Å². The predicted molar refractivity (Wildman–Crippen MR) is 115 cm³/mol. The zero-order chi connectivity index (χ0) is 21.3. The van der Waals surface area contributed by atoms with E-state index in [1.54, 1.807) is 18.0 Å². The second-order valence-electron chi connectivity index (χ2n) is 7.78. The van der Waals surface area contributed by atoms with Gasteiger partial charge in [-0.15, -0.1) is 11.3 Å². The van der Waals surface area contributed by atoms with Crippen LogP contribution < -0.4 is 9.47 Å². The lowest BCUT2D eigenvalue weighted by Crippen LogP contribution is -2.48. The fraction of sp³-hybridized carbons (Fsp3) is 0.476. The Bertz CT molecular complexity index is 1020. The van der Waals surface area contributed by atoms with Gasteiger partial charge in [-0.3, -0.25) is 4.79 Å². The van der Waals surface area contributed by atoms with E-state index in [-0.39, 0.29) is 24.5 Å². The van der Waals surface area contributed by atoms with Gasteiger partial charge in [0.1, 0.15) is 10.8 Å². The van der Waals surface area contributed by atoms with Crippen molar-refractivity contribution in [1.82, 2.24) is 9.21 Å². The summed E-state index contributed by atoms with van der Waals surface area (Å²) >= 11 is 1.27. The van der Waals surface area contributed by atoms with Crippen molar-refractivity contribution in [2.75, 3.05) is 33.3 Å². The van der Waals surface area contributed by atoms with Crippen molar-refractivity contribution in [3.05, 3.63) is 41.3 Å². The largest absolute Gasteiger partial charge is 0.486 e. The summed E-state index contributed by atoms with van der Waals surface area (Å²) in [6, 6.07) is 10.9. The summed E-state index contributed by atoms with van der Waals surface area (Å²) in [4.78, 5) is 15.6. The number of nitrogens with zero attached hydrogens (tertiary/aromatic N) is 2. The topological polar surface area (TPSA) is 76.2 Å². The van der Waals surface area contributed by atoms with Gasteiger partial charge in [-0.1, -0.05) is 12.1 Å². The van der Waals surface area contributed by atoms with Crippen LogP contribution in [0, 0.1) is 12.8 Å². The monoisotopic (exact) mass is 450 g/mol. The Kier molecular flexibility index (Phi) is 6.04. The Morgan fingerprint density at radius 2 is 2.00 bits per heavy atom. The third-order valence-corrected chi connectivity index (χ3v) is 8.80. The van der Waals surface area contributed by atoms with Gasteiger partial charge in [-0.05, 0) is 44.0 Å². The lowest BCUT2D eigenvalue weighted by molar-refractivity contribution is -0.136. The molecule has 1 aromatic heterocycles. The average molecular weight is 451 g/mol. The van der Waals surface area contributed by atoms with Crippen LogP contribution in [0.5, 0.6) is 11.5 Å². The molecule has 1 aromatic carbocycles. The average Bonchev–Trinajstić information content (AvgIpc) is 3.20. The quantitative estimate of drug-likeness (QED) is 0.700. The van der Waals surface area contributed by atoms with E-state index in [1.807, 2.05) is 37.3 Å². The van der Waals surface area contributed by atoms with Crippen LogP contribution in [0.2, 0.25) is 0 Å². The van der Waals surface area contributed by atoms with Crippen molar-refractivity contribution in [2.24, 2.45) is 5.92 Å². The molecule has 162 valence electrons. The molecule has 1 amide bonds. The van der Waals surface area contributed by atoms with Gasteiger partial charge in [0.25, 0.3) is 10.0 Å². The first kappa shape index (κ1) is 21.1. The minimum Gasteiger partial charge on any atom is -0.486 e. The van der Waals surface area contributed by atoms with Gasteiger partial charge in [-0.2, -0.15) is 4.31 Å². The molecular formula is C21H26N2O5S2. The maximum Gasteiger partial charge on any atom is 0.252 e. The molecular weight excluding hydrogens is 424 g/mol. The number of carbonyl (C=O) groups is 1. The fourth-order valence-electron chi connectivity index (χ4n) is 3.90. The predicted octanol–water partition coefficient (Wildman–Crippen LogP) is 2.76. The summed E-state index contributed by atoms with van der Waals surface area (Å²) < 4.78 is 39.4. The first-order valence-corrected chi connectivity index (χ1v) is 12.3. The molecule has 2 atom stereocenters. The standard InChI is InChI=1S/C21H26N2O5S2/c1-15-9-10-20(29-15)30(25,26)23-11-5-6-16(12-23)21(24)22(2)13-17-14-27-18-7-3-4-8-19(18)28-17/h3-4,7-10,16-17H,5-6,11-14H2,1-2H3/t16-,17+/m1/s1. The third-order valence-electron chi connectivity index (χ3n) is 5.46. The summed E-state index contributed by atoms with van der Waals surface area (Å²) in [5.41, 5.74) is 0. The Labute approximate surface area is 181 Å². The number of carbonyl (C=O) groups excluding carboxylic acids is 1. The number of piperidine rings is 1. The summed E-state index contributed by atoms with van der Waals surface area (Å²) in [6.45, 7) is 3.31. The molecule has 2 aromatic rings. The van der Waals surface area contributed by atoms with Crippen molar-refractivity contribution in [2.45, 2.75) is 30.1 Å². The molecule has 0 radical (unpaired) electrons. The van der Waals surface area contributed by atoms with E-state index >= 15 is 0 Å². The van der Waals surface area contributed by atoms with E-state index in [9.17, 15) is 13.2 Å². The number of hydrogen-bond donors (Lipinski definition) is 0. The van der Waals surface area contributed by atoms with Gasteiger partial charge >= 0.3 is 0 Å². The first-order valence-electron chi connectivity index (χ1n) is 10.0. The molecule has 7 nitrogen and oxygen atoms in total. The second-order valence-corrected chi connectivity index (χ2v) is 11.2. The fourth-order valence-corrected chi connectivity index (χ4v) is 6.86. The van der Waals surface area contributed by atoms with E-state index in [2.05, 4.69) is 0 Å². The number of aryl methyl sites for hydroxylation is 1. The number of likely N-dealkylation sites (N-methyl/N-ethyl adjacent to an activating group) is 1. The van der Waals surface area contributed by atoms with Crippen molar-refractivity contribution < 1.29 is 22.7 Å². The van der Waals surface area contributed by atoms with Gasteiger partial charge in [0.15, 0.2) is 17.6 Å². The molecule has 0 N–H and O–H groups in total. The minimum atomic E-state index is -3.56. The van der Waals surface area contributed by atoms with Crippen LogP contribution >= 0.6 is 11.3 Å². The molecule has 1 saturated heterocycles. The molecule has 0 aliphatic carbocycles. The highest BCUT2D eigenvalue weighted by Crippen LogP contribution is 2.32. The second kappa shape index (κ2) is 8.56. The lowest BCUT2D eigenvalue weighted by Gasteiger charge is -2.34. The molecule has 30 heavy (non-hydrogen) atoms. The van der Waals surface area contributed by atoms with E-state index < -0.39 is 10.0 Å². The number of rotatable bonds is 5. The highest BCUT2D eigenvalue weighted by atomic mass is 32.2. The molecule has 2 aliphatic heterocycles. The number of amides is 1. The molecule has 9 heteroatoms. The van der Waals surface area contributed by atoms with Crippen molar-refractivity contribution in [3.8, 4) is 11.5 Å². The first-order chi connectivity index (χ1) is 14.3. The van der Waals surface area contributed by atoms with Crippen LogP contribution in [0.3, 0.4) is 0 Å². The highest BCUT2D eigenvalue weighted by Gasteiger charge is 2.35. The van der Waals surface area contributed by atoms with Crippen LogP contribution in [-0.4, -0.2) is 62.9 Å². The van der Waals surface area contributed by atoms with Crippen LogP contribution in [0.25, 0.3) is 0 Å². The molecule has 1 fully saturated rings. The van der Waals surface area contributed by atoms with Crippen molar-refractivity contribution >= 4 is 27.3 Å². The van der Waals surface area contributed by atoms with Gasteiger partial charge in [-0.25, -0.2) is 8.42 Å². The summed E-state index contributed by atoms with van der Waals surface area (Å²) in [7, 11) is -1.82. The van der Waals surface area contributed by atoms with Crippen LogP contribution in [0.4, 0.5) is 0 Å².